The Morgan fingerprint density at radius 3 is 2.50 bits per heavy atom. The Hall–Kier alpha value is -2.28. The first-order valence-corrected chi connectivity index (χ1v) is 13.1. The van der Waals surface area contributed by atoms with Crippen LogP contribution in [0.3, 0.4) is 0 Å². The molecular formula is C29H40ClNO5. The summed E-state index contributed by atoms with van der Waals surface area (Å²) < 4.78 is 16.4. The van der Waals surface area contributed by atoms with Crippen molar-refractivity contribution >= 4 is 17.6 Å². The SMILES string of the molecule is COc1ccc(CCCNCCC2CCc3cc(Cl)ccc3C2(C(C)C)C(OC)C(=O)O)cc1OC. The van der Waals surface area contributed by atoms with E-state index in [1.807, 2.05) is 30.3 Å². The zero-order chi connectivity index (χ0) is 26.3. The van der Waals surface area contributed by atoms with Crippen LogP contribution in [-0.2, 0) is 27.8 Å². The first kappa shape index (κ1) is 28.3. The molecule has 7 heteroatoms. The van der Waals surface area contributed by atoms with Crippen LogP contribution in [0, 0.1) is 11.8 Å². The molecule has 2 aromatic rings. The van der Waals surface area contributed by atoms with Crippen LogP contribution in [0.5, 0.6) is 11.5 Å². The summed E-state index contributed by atoms with van der Waals surface area (Å²) in [6, 6.07) is 11.9. The first-order valence-electron chi connectivity index (χ1n) is 12.8. The molecule has 0 aliphatic heterocycles. The van der Waals surface area contributed by atoms with Gasteiger partial charge in [0, 0.05) is 17.5 Å². The van der Waals surface area contributed by atoms with E-state index in [1.165, 1.54) is 12.7 Å². The van der Waals surface area contributed by atoms with Crippen molar-refractivity contribution in [3.8, 4) is 11.5 Å². The largest absolute Gasteiger partial charge is 0.493 e. The zero-order valence-corrected chi connectivity index (χ0v) is 22.9. The highest BCUT2D eigenvalue weighted by atomic mass is 35.5. The Morgan fingerprint density at radius 1 is 1.11 bits per heavy atom. The number of carboxylic acid groups (broad SMARTS) is 1. The minimum absolute atomic E-state index is 0.0776. The standard InChI is InChI=1S/C29H40ClNO5/c1-19(2)29(27(36-5)28(32)33)22(10-9-21-18-23(30)11-12-24(21)29)14-16-31-15-6-7-20-8-13-25(34-3)26(17-20)35-4/h8,11-13,17-19,22,27,31H,6-7,9-10,14-16H2,1-5H3,(H,32,33). The van der Waals surface area contributed by atoms with Crippen LogP contribution in [0.15, 0.2) is 36.4 Å². The van der Waals surface area contributed by atoms with Gasteiger partial charge >= 0.3 is 5.97 Å². The molecule has 36 heavy (non-hydrogen) atoms. The van der Waals surface area contributed by atoms with Gasteiger partial charge in [-0.2, -0.15) is 0 Å². The predicted octanol–water partition coefficient (Wildman–Crippen LogP) is 5.53. The van der Waals surface area contributed by atoms with Crippen molar-refractivity contribution in [2.24, 2.45) is 11.8 Å². The van der Waals surface area contributed by atoms with Gasteiger partial charge in [-0.3, -0.25) is 0 Å². The van der Waals surface area contributed by atoms with Gasteiger partial charge < -0.3 is 24.6 Å². The molecule has 3 rings (SSSR count). The Labute approximate surface area is 220 Å². The molecule has 6 nitrogen and oxygen atoms in total. The third-order valence-electron chi connectivity index (χ3n) is 7.76. The van der Waals surface area contributed by atoms with E-state index in [-0.39, 0.29) is 11.8 Å². The highest BCUT2D eigenvalue weighted by Crippen LogP contribution is 2.51. The maximum atomic E-state index is 12.4. The summed E-state index contributed by atoms with van der Waals surface area (Å²) in [5, 5.41) is 14.4. The van der Waals surface area contributed by atoms with Gasteiger partial charge in [-0.15, -0.1) is 0 Å². The lowest BCUT2D eigenvalue weighted by Crippen LogP contribution is -2.56. The number of hydrogen-bond donors (Lipinski definition) is 2. The second-order valence-electron chi connectivity index (χ2n) is 9.91. The summed E-state index contributed by atoms with van der Waals surface area (Å²) in [5.41, 5.74) is 2.79. The third kappa shape index (κ3) is 5.82. The van der Waals surface area contributed by atoms with Crippen molar-refractivity contribution in [3.63, 3.8) is 0 Å². The molecule has 0 heterocycles. The molecule has 0 spiro atoms. The summed E-state index contributed by atoms with van der Waals surface area (Å²) in [4.78, 5) is 12.4. The molecule has 3 atom stereocenters. The highest BCUT2D eigenvalue weighted by Gasteiger charge is 2.54. The van der Waals surface area contributed by atoms with Crippen LogP contribution in [0.25, 0.3) is 0 Å². The molecule has 1 aliphatic carbocycles. The molecule has 2 N–H and O–H groups in total. The van der Waals surface area contributed by atoms with Crippen molar-refractivity contribution < 1.29 is 24.1 Å². The van der Waals surface area contributed by atoms with Crippen molar-refractivity contribution in [3.05, 3.63) is 58.1 Å². The Balaban J connectivity index is 1.68. The number of aryl methyl sites for hydroxylation is 2. The van der Waals surface area contributed by atoms with E-state index in [1.54, 1.807) is 14.2 Å². The van der Waals surface area contributed by atoms with Crippen LogP contribution in [-0.4, -0.2) is 51.6 Å². The van der Waals surface area contributed by atoms with E-state index >= 15 is 0 Å². The smallest absolute Gasteiger partial charge is 0.333 e. The fourth-order valence-electron chi connectivity index (χ4n) is 6.16. The van der Waals surface area contributed by atoms with E-state index in [0.29, 0.717) is 5.02 Å². The third-order valence-corrected chi connectivity index (χ3v) is 7.99. The maximum Gasteiger partial charge on any atom is 0.333 e. The minimum Gasteiger partial charge on any atom is -0.493 e. The maximum absolute atomic E-state index is 12.4. The molecule has 0 aromatic heterocycles. The lowest BCUT2D eigenvalue weighted by Gasteiger charge is -2.51. The normalized spacial score (nSPS) is 20.1. The van der Waals surface area contributed by atoms with Crippen LogP contribution in [0.1, 0.15) is 49.8 Å². The van der Waals surface area contributed by atoms with E-state index in [2.05, 4.69) is 25.2 Å². The number of aliphatic carboxylic acids is 1. The van der Waals surface area contributed by atoms with Crippen molar-refractivity contribution in [1.82, 2.24) is 5.32 Å². The van der Waals surface area contributed by atoms with Crippen molar-refractivity contribution in [1.29, 1.82) is 0 Å². The summed E-state index contributed by atoms with van der Waals surface area (Å²) in [7, 11) is 4.80. The summed E-state index contributed by atoms with van der Waals surface area (Å²) in [6.07, 6.45) is 3.69. The highest BCUT2D eigenvalue weighted by molar-refractivity contribution is 6.30. The second kappa shape index (κ2) is 12.8. The van der Waals surface area contributed by atoms with Crippen LogP contribution >= 0.6 is 11.6 Å². The molecule has 0 bridgehead atoms. The number of hydrogen-bond acceptors (Lipinski definition) is 5. The van der Waals surface area contributed by atoms with E-state index in [0.717, 1.165) is 67.8 Å². The monoisotopic (exact) mass is 517 g/mol. The predicted molar refractivity (Wildman–Crippen MR) is 144 cm³/mol. The number of carboxylic acids is 1. The number of halogens is 1. The Kier molecular flexibility index (Phi) is 10.1. The zero-order valence-electron chi connectivity index (χ0n) is 22.1. The Bertz CT molecular complexity index is 1030. The quantitative estimate of drug-likeness (QED) is 0.340. The number of rotatable bonds is 13. The first-order chi connectivity index (χ1) is 17.3. The van der Waals surface area contributed by atoms with Gasteiger partial charge in [0.25, 0.3) is 0 Å². The average Bonchev–Trinajstić information content (AvgIpc) is 2.86. The lowest BCUT2D eigenvalue weighted by molar-refractivity contribution is -0.158. The second-order valence-corrected chi connectivity index (χ2v) is 10.3. The molecule has 3 unspecified atom stereocenters. The van der Waals surface area contributed by atoms with Gasteiger partial charge in [0.05, 0.1) is 14.2 Å². The molecule has 0 amide bonds. The van der Waals surface area contributed by atoms with Crippen molar-refractivity contribution in [2.75, 3.05) is 34.4 Å². The van der Waals surface area contributed by atoms with Crippen LogP contribution < -0.4 is 14.8 Å². The van der Waals surface area contributed by atoms with E-state index in [9.17, 15) is 9.90 Å². The molecule has 198 valence electrons. The number of methoxy groups -OCH3 is 3. The summed E-state index contributed by atoms with van der Waals surface area (Å²) >= 11 is 6.30. The van der Waals surface area contributed by atoms with Crippen LogP contribution in [0.2, 0.25) is 5.02 Å². The molecule has 0 saturated heterocycles. The number of fused-ring (bicyclic) bond motifs is 1. The molecule has 1 aliphatic rings. The molecule has 0 fully saturated rings. The van der Waals surface area contributed by atoms with Gasteiger partial charge in [-0.25, -0.2) is 4.79 Å². The number of nitrogens with one attached hydrogen (secondary N) is 1. The van der Waals surface area contributed by atoms with E-state index in [4.69, 9.17) is 25.8 Å². The summed E-state index contributed by atoms with van der Waals surface area (Å²) in [5.74, 6) is 0.819. The number of ether oxygens (including phenoxy) is 3. The average molecular weight is 518 g/mol. The van der Waals surface area contributed by atoms with Gasteiger partial charge in [0.1, 0.15) is 0 Å². The lowest BCUT2D eigenvalue weighted by atomic mass is 9.54. The van der Waals surface area contributed by atoms with Crippen LogP contribution in [0.4, 0.5) is 0 Å². The van der Waals surface area contributed by atoms with Crippen molar-refractivity contribution in [2.45, 2.75) is 57.5 Å². The fourth-order valence-corrected chi connectivity index (χ4v) is 6.35. The molecule has 2 aromatic carbocycles. The molecule has 0 radical (unpaired) electrons. The topological polar surface area (TPSA) is 77.0 Å². The molecular weight excluding hydrogens is 478 g/mol. The van der Waals surface area contributed by atoms with Gasteiger partial charge in [0.2, 0.25) is 0 Å². The minimum atomic E-state index is -0.923. The van der Waals surface area contributed by atoms with E-state index < -0.39 is 17.5 Å². The van der Waals surface area contributed by atoms with Gasteiger partial charge in [0.15, 0.2) is 17.6 Å². The van der Waals surface area contributed by atoms with Gasteiger partial charge in [-0.05, 0) is 98.0 Å². The fraction of sp³-hybridized carbons (Fsp3) is 0.552. The number of benzene rings is 2. The molecule has 0 saturated carbocycles. The number of carbonyl (C=O) groups is 1. The van der Waals surface area contributed by atoms with Gasteiger partial charge in [-0.1, -0.05) is 37.6 Å². The summed E-state index contributed by atoms with van der Waals surface area (Å²) in [6.45, 7) is 5.93. The Morgan fingerprint density at radius 2 is 1.86 bits per heavy atom.